The summed E-state index contributed by atoms with van der Waals surface area (Å²) in [4.78, 5) is 17.4. The van der Waals surface area contributed by atoms with Crippen LogP contribution in [0.3, 0.4) is 0 Å². The first-order chi connectivity index (χ1) is 9.38. The summed E-state index contributed by atoms with van der Waals surface area (Å²) < 4.78 is 0. The van der Waals surface area contributed by atoms with Crippen LogP contribution < -0.4 is 11.0 Å². The zero-order chi connectivity index (χ0) is 14.8. The van der Waals surface area contributed by atoms with Crippen molar-refractivity contribution in [3.05, 3.63) is 52.1 Å². The molecule has 20 heavy (non-hydrogen) atoms. The molecular weight excluding hydrogens is 252 g/mol. The van der Waals surface area contributed by atoms with Gasteiger partial charge < -0.3 is 5.32 Å². The van der Waals surface area contributed by atoms with E-state index < -0.39 is 5.69 Å². The maximum atomic E-state index is 11.3. The highest BCUT2D eigenvalue weighted by molar-refractivity contribution is 5.57. The molecule has 0 aliphatic heterocycles. The summed E-state index contributed by atoms with van der Waals surface area (Å²) in [5.74, 6) is 0.355. The van der Waals surface area contributed by atoms with E-state index >= 15 is 0 Å². The van der Waals surface area contributed by atoms with Gasteiger partial charge in [-0.2, -0.15) is 10.2 Å². The van der Waals surface area contributed by atoms with E-state index in [1.54, 1.807) is 0 Å². The van der Waals surface area contributed by atoms with Gasteiger partial charge in [-0.25, -0.2) is 4.79 Å². The molecule has 2 aromatic rings. The van der Waals surface area contributed by atoms with Crippen molar-refractivity contribution in [2.75, 3.05) is 5.32 Å². The minimum absolute atomic E-state index is 0.0919. The summed E-state index contributed by atoms with van der Waals surface area (Å²) in [7, 11) is 0. The van der Waals surface area contributed by atoms with Crippen molar-refractivity contribution in [3.8, 4) is 6.07 Å². The minimum atomic E-state index is -0.544. The number of nitrogens with zero attached hydrogens (tertiary/aromatic N) is 2. The molecular formula is C15H16N4O. The lowest BCUT2D eigenvalue weighted by Gasteiger charge is -2.19. The standard InChI is InChI=1S/C15H16N4O/c1-15(2,3)10-4-6-11(7-5-10)17-13-8-12(9-16)18-14(20)19-13/h4-8H,1-3H3,(H2,17,18,19,20). The normalized spacial score (nSPS) is 10.9. The maximum absolute atomic E-state index is 11.3. The summed E-state index contributed by atoms with van der Waals surface area (Å²) in [6.07, 6.45) is 0. The average molecular weight is 268 g/mol. The summed E-state index contributed by atoms with van der Waals surface area (Å²) in [6, 6.07) is 11.3. The molecule has 1 aromatic heterocycles. The van der Waals surface area contributed by atoms with E-state index in [0.29, 0.717) is 5.82 Å². The summed E-state index contributed by atoms with van der Waals surface area (Å²) in [5, 5.41) is 11.8. The predicted molar refractivity (Wildman–Crippen MR) is 78.0 cm³/mol. The van der Waals surface area contributed by atoms with E-state index in [0.717, 1.165) is 5.69 Å². The lowest BCUT2D eigenvalue weighted by atomic mass is 9.87. The van der Waals surface area contributed by atoms with Crippen LogP contribution in [-0.4, -0.2) is 9.97 Å². The van der Waals surface area contributed by atoms with Crippen LogP contribution in [0.5, 0.6) is 0 Å². The number of benzene rings is 1. The van der Waals surface area contributed by atoms with Crippen LogP contribution in [0.15, 0.2) is 35.1 Å². The van der Waals surface area contributed by atoms with Gasteiger partial charge >= 0.3 is 5.69 Å². The molecule has 1 heterocycles. The van der Waals surface area contributed by atoms with Crippen molar-refractivity contribution in [2.24, 2.45) is 0 Å². The Morgan fingerprint density at radius 1 is 1.25 bits per heavy atom. The molecule has 2 N–H and O–H groups in total. The Morgan fingerprint density at radius 3 is 2.45 bits per heavy atom. The van der Waals surface area contributed by atoms with Crippen LogP contribution in [-0.2, 0) is 5.41 Å². The number of H-pyrrole nitrogens is 1. The lowest BCUT2D eigenvalue weighted by Crippen LogP contribution is -2.13. The van der Waals surface area contributed by atoms with E-state index in [1.807, 2.05) is 30.3 Å². The van der Waals surface area contributed by atoms with Crippen LogP contribution in [0.4, 0.5) is 11.5 Å². The molecule has 0 spiro atoms. The fraction of sp³-hybridized carbons (Fsp3) is 0.267. The van der Waals surface area contributed by atoms with Gasteiger partial charge in [-0.3, -0.25) is 4.98 Å². The third kappa shape index (κ3) is 3.23. The maximum Gasteiger partial charge on any atom is 0.347 e. The van der Waals surface area contributed by atoms with Crippen molar-refractivity contribution < 1.29 is 0 Å². The number of aromatic nitrogens is 2. The zero-order valence-electron chi connectivity index (χ0n) is 11.7. The van der Waals surface area contributed by atoms with Gasteiger partial charge in [0.2, 0.25) is 0 Å². The monoisotopic (exact) mass is 268 g/mol. The highest BCUT2D eigenvalue weighted by atomic mass is 16.1. The van der Waals surface area contributed by atoms with Gasteiger partial charge in [0.05, 0.1) is 0 Å². The molecule has 0 radical (unpaired) electrons. The first-order valence-electron chi connectivity index (χ1n) is 6.27. The molecule has 102 valence electrons. The van der Waals surface area contributed by atoms with Gasteiger partial charge in [0, 0.05) is 11.8 Å². The molecule has 2 rings (SSSR count). The molecule has 0 saturated heterocycles. The number of nitriles is 1. The Bertz CT molecular complexity index is 702. The van der Waals surface area contributed by atoms with E-state index in [4.69, 9.17) is 5.26 Å². The van der Waals surface area contributed by atoms with Crippen LogP contribution in [0.1, 0.15) is 32.0 Å². The third-order valence-electron chi connectivity index (χ3n) is 2.89. The number of nitrogens with one attached hydrogen (secondary N) is 2. The highest BCUT2D eigenvalue weighted by Crippen LogP contribution is 2.24. The van der Waals surface area contributed by atoms with Gasteiger partial charge in [-0.05, 0) is 23.1 Å². The summed E-state index contributed by atoms with van der Waals surface area (Å²) in [5.41, 5.74) is 1.77. The summed E-state index contributed by atoms with van der Waals surface area (Å²) >= 11 is 0. The summed E-state index contributed by atoms with van der Waals surface area (Å²) in [6.45, 7) is 6.44. The smallest absolute Gasteiger partial charge is 0.340 e. The van der Waals surface area contributed by atoms with E-state index in [-0.39, 0.29) is 11.1 Å². The molecule has 0 saturated carbocycles. The minimum Gasteiger partial charge on any atom is -0.340 e. The van der Waals surface area contributed by atoms with Gasteiger partial charge in [0.15, 0.2) is 0 Å². The molecule has 1 aromatic carbocycles. The number of rotatable bonds is 2. The molecule has 5 heteroatoms. The molecule has 0 atom stereocenters. The number of anilines is 2. The molecule has 5 nitrogen and oxygen atoms in total. The topological polar surface area (TPSA) is 81.6 Å². The Labute approximate surface area is 117 Å². The Morgan fingerprint density at radius 2 is 1.90 bits per heavy atom. The van der Waals surface area contributed by atoms with Crippen LogP contribution >= 0.6 is 0 Å². The third-order valence-corrected chi connectivity index (χ3v) is 2.89. The molecule has 0 aliphatic rings. The van der Waals surface area contributed by atoms with Crippen molar-refractivity contribution in [3.63, 3.8) is 0 Å². The van der Waals surface area contributed by atoms with Gasteiger partial charge in [-0.15, -0.1) is 0 Å². The van der Waals surface area contributed by atoms with Crippen molar-refractivity contribution in [1.29, 1.82) is 5.26 Å². The highest BCUT2D eigenvalue weighted by Gasteiger charge is 2.12. The largest absolute Gasteiger partial charge is 0.347 e. The van der Waals surface area contributed by atoms with E-state index in [1.165, 1.54) is 11.6 Å². The Balaban J connectivity index is 2.25. The van der Waals surface area contributed by atoms with Gasteiger partial charge in [-0.1, -0.05) is 32.9 Å². The van der Waals surface area contributed by atoms with Crippen LogP contribution in [0.25, 0.3) is 0 Å². The van der Waals surface area contributed by atoms with E-state index in [9.17, 15) is 4.79 Å². The van der Waals surface area contributed by atoms with Crippen LogP contribution in [0.2, 0.25) is 0 Å². The van der Waals surface area contributed by atoms with Crippen molar-refractivity contribution in [1.82, 2.24) is 9.97 Å². The second kappa shape index (κ2) is 5.17. The Hall–Kier alpha value is -2.61. The molecule has 0 bridgehead atoms. The van der Waals surface area contributed by atoms with Gasteiger partial charge in [0.1, 0.15) is 17.6 Å². The fourth-order valence-corrected chi connectivity index (χ4v) is 1.78. The number of hydrogen-bond acceptors (Lipinski definition) is 4. The van der Waals surface area contributed by atoms with Gasteiger partial charge in [0.25, 0.3) is 0 Å². The number of hydrogen-bond donors (Lipinski definition) is 2. The number of aromatic amines is 1. The SMILES string of the molecule is CC(C)(C)c1ccc(Nc2cc(C#N)[nH]c(=O)n2)cc1. The van der Waals surface area contributed by atoms with E-state index in [2.05, 4.69) is 36.1 Å². The molecule has 0 amide bonds. The Kier molecular flexibility index (Phi) is 3.57. The molecule has 0 fully saturated rings. The van der Waals surface area contributed by atoms with Crippen molar-refractivity contribution >= 4 is 11.5 Å². The van der Waals surface area contributed by atoms with Crippen molar-refractivity contribution in [2.45, 2.75) is 26.2 Å². The first kappa shape index (κ1) is 13.8. The quantitative estimate of drug-likeness (QED) is 0.877. The molecule has 0 unspecified atom stereocenters. The first-order valence-corrected chi connectivity index (χ1v) is 6.27. The fourth-order valence-electron chi connectivity index (χ4n) is 1.78. The average Bonchev–Trinajstić information content (AvgIpc) is 2.37. The second-order valence-electron chi connectivity index (χ2n) is 5.55. The second-order valence-corrected chi connectivity index (χ2v) is 5.55. The lowest BCUT2D eigenvalue weighted by molar-refractivity contribution is 0.590. The molecule has 0 aliphatic carbocycles. The zero-order valence-corrected chi connectivity index (χ0v) is 11.7. The van der Waals surface area contributed by atoms with Crippen LogP contribution in [0, 0.1) is 11.3 Å². The predicted octanol–water partition coefficient (Wildman–Crippen LogP) is 2.68.